The van der Waals surface area contributed by atoms with Crippen LogP contribution in [0.3, 0.4) is 0 Å². The quantitative estimate of drug-likeness (QED) is 0.592. The number of hydrogen-bond donors (Lipinski definition) is 1. The van der Waals surface area contributed by atoms with Crippen molar-refractivity contribution < 1.29 is 9.59 Å². The van der Waals surface area contributed by atoms with E-state index in [0.717, 1.165) is 17.9 Å². The van der Waals surface area contributed by atoms with Crippen molar-refractivity contribution >= 4 is 11.8 Å². The first kappa shape index (κ1) is 23.4. The number of benzene rings is 1. The second kappa shape index (κ2) is 10.1. The van der Waals surface area contributed by atoms with Crippen LogP contribution >= 0.6 is 0 Å². The molecule has 35 heavy (non-hydrogen) atoms. The van der Waals surface area contributed by atoms with E-state index in [2.05, 4.69) is 12.2 Å². The Morgan fingerprint density at radius 2 is 1.63 bits per heavy atom. The van der Waals surface area contributed by atoms with Gasteiger partial charge in [0, 0.05) is 37.4 Å². The number of carbonyl (C=O) groups is 2. The summed E-state index contributed by atoms with van der Waals surface area (Å²) in [6.45, 7) is 5.30. The number of hydrogen-bond acceptors (Lipinski definition) is 3. The largest absolute Gasteiger partial charge is 0.353 e. The topological polar surface area (TPSA) is 72.2 Å². The predicted molar refractivity (Wildman–Crippen MR) is 136 cm³/mol. The lowest BCUT2D eigenvalue weighted by molar-refractivity contribution is -0.127. The van der Waals surface area contributed by atoms with Crippen molar-refractivity contribution in [2.24, 2.45) is 11.8 Å². The first-order valence-electron chi connectivity index (χ1n) is 12.9. The van der Waals surface area contributed by atoms with E-state index < -0.39 is 0 Å². The van der Waals surface area contributed by atoms with Crippen molar-refractivity contribution in [3.05, 3.63) is 66.1 Å². The molecule has 1 saturated heterocycles. The van der Waals surface area contributed by atoms with Crippen LogP contribution in [0.1, 0.15) is 61.5 Å². The van der Waals surface area contributed by atoms with Crippen LogP contribution in [0.2, 0.25) is 0 Å². The Kier molecular flexibility index (Phi) is 6.75. The Morgan fingerprint density at radius 3 is 2.31 bits per heavy atom. The van der Waals surface area contributed by atoms with Crippen molar-refractivity contribution in [3.8, 4) is 11.5 Å². The molecule has 2 amide bonds. The molecule has 2 atom stereocenters. The molecule has 0 bridgehead atoms. The SMILES string of the molecule is Cc1nn(-c2ccccc2)c(-n2cccc2)c1C(=O)N1CCC(C(=O)N[C@H]2CCCC[C@@H]2C)CC1. The second-order valence-electron chi connectivity index (χ2n) is 10.1. The molecule has 1 N–H and O–H groups in total. The summed E-state index contributed by atoms with van der Waals surface area (Å²) in [7, 11) is 0. The third-order valence-corrected chi connectivity index (χ3v) is 7.69. The first-order chi connectivity index (χ1) is 17.0. The van der Waals surface area contributed by atoms with Gasteiger partial charge in [-0.3, -0.25) is 9.59 Å². The normalized spacial score (nSPS) is 21.1. The van der Waals surface area contributed by atoms with Crippen LogP contribution < -0.4 is 5.32 Å². The van der Waals surface area contributed by atoms with Gasteiger partial charge in [-0.25, -0.2) is 4.68 Å². The lowest BCUT2D eigenvalue weighted by Crippen LogP contribution is -2.47. The number of nitrogens with zero attached hydrogens (tertiary/aromatic N) is 4. The molecule has 0 radical (unpaired) electrons. The smallest absolute Gasteiger partial charge is 0.259 e. The Morgan fingerprint density at radius 1 is 0.943 bits per heavy atom. The van der Waals surface area contributed by atoms with Crippen LogP contribution in [0.4, 0.5) is 0 Å². The molecular weight excluding hydrogens is 438 g/mol. The maximum absolute atomic E-state index is 13.8. The van der Waals surface area contributed by atoms with Gasteiger partial charge in [-0.2, -0.15) is 5.10 Å². The summed E-state index contributed by atoms with van der Waals surface area (Å²) in [4.78, 5) is 28.6. The Balaban J connectivity index is 1.32. The molecule has 3 heterocycles. The maximum Gasteiger partial charge on any atom is 0.259 e. The Bertz CT molecular complexity index is 1160. The number of carbonyl (C=O) groups excluding carboxylic acids is 2. The zero-order valence-electron chi connectivity index (χ0n) is 20.7. The summed E-state index contributed by atoms with van der Waals surface area (Å²) in [5, 5.41) is 8.07. The van der Waals surface area contributed by atoms with Gasteiger partial charge in [-0.1, -0.05) is 38.0 Å². The van der Waals surface area contributed by atoms with Gasteiger partial charge in [0.1, 0.15) is 5.56 Å². The molecule has 1 aromatic carbocycles. The second-order valence-corrected chi connectivity index (χ2v) is 10.1. The molecule has 7 nitrogen and oxygen atoms in total. The van der Waals surface area contributed by atoms with Gasteiger partial charge in [0.15, 0.2) is 5.82 Å². The first-order valence-corrected chi connectivity index (χ1v) is 12.9. The number of rotatable bonds is 5. The highest BCUT2D eigenvalue weighted by atomic mass is 16.2. The number of piperidine rings is 1. The highest BCUT2D eigenvalue weighted by Gasteiger charge is 2.33. The molecule has 5 rings (SSSR count). The van der Waals surface area contributed by atoms with E-state index in [-0.39, 0.29) is 17.7 Å². The minimum Gasteiger partial charge on any atom is -0.353 e. The van der Waals surface area contributed by atoms with Crippen molar-refractivity contribution in [2.45, 2.75) is 58.4 Å². The zero-order chi connectivity index (χ0) is 24.4. The molecule has 1 aliphatic heterocycles. The highest BCUT2D eigenvalue weighted by molar-refractivity contribution is 5.99. The average molecular weight is 474 g/mol. The minimum absolute atomic E-state index is 0.0202. The van der Waals surface area contributed by atoms with Gasteiger partial charge in [-0.15, -0.1) is 0 Å². The standard InChI is InChI=1S/C28H35N5O2/c1-20-10-6-7-13-24(20)29-26(34)22-14-18-32(19-15-22)28(35)25-21(2)30-33(23-11-4-3-5-12-23)27(25)31-16-8-9-17-31/h3-5,8-9,11-12,16-17,20,22,24H,6-7,10,13-15,18-19H2,1-2H3,(H,29,34)/t20-,24-/m0/s1. The monoisotopic (exact) mass is 473 g/mol. The summed E-state index contributed by atoms with van der Waals surface area (Å²) in [6.07, 6.45) is 10.0. The number of para-hydroxylation sites is 1. The van der Waals surface area contributed by atoms with E-state index >= 15 is 0 Å². The van der Waals surface area contributed by atoms with Crippen molar-refractivity contribution in [1.29, 1.82) is 0 Å². The lowest BCUT2D eigenvalue weighted by atomic mass is 9.85. The predicted octanol–water partition coefficient (Wildman–Crippen LogP) is 4.52. The van der Waals surface area contributed by atoms with Gasteiger partial charge in [-0.05, 0) is 62.8 Å². The third kappa shape index (κ3) is 4.77. The molecule has 7 heteroatoms. The van der Waals surface area contributed by atoms with E-state index in [9.17, 15) is 9.59 Å². The van der Waals surface area contributed by atoms with E-state index in [4.69, 9.17) is 5.10 Å². The molecular formula is C28H35N5O2. The fourth-order valence-corrected chi connectivity index (χ4v) is 5.56. The molecule has 0 spiro atoms. The van der Waals surface area contributed by atoms with Gasteiger partial charge in [0.05, 0.1) is 11.4 Å². The van der Waals surface area contributed by atoms with Crippen LogP contribution in [0.5, 0.6) is 0 Å². The molecule has 0 unspecified atom stereocenters. The summed E-state index contributed by atoms with van der Waals surface area (Å²) in [5.74, 6) is 1.41. The number of nitrogens with one attached hydrogen (secondary N) is 1. The summed E-state index contributed by atoms with van der Waals surface area (Å²) >= 11 is 0. The van der Waals surface area contributed by atoms with Crippen LogP contribution in [0.25, 0.3) is 11.5 Å². The van der Waals surface area contributed by atoms with Crippen LogP contribution in [0, 0.1) is 18.8 Å². The van der Waals surface area contributed by atoms with Crippen molar-refractivity contribution in [1.82, 2.24) is 24.6 Å². The van der Waals surface area contributed by atoms with Crippen LogP contribution in [0.15, 0.2) is 54.9 Å². The van der Waals surface area contributed by atoms with Crippen LogP contribution in [-0.2, 0) is 4.79 Å². The number of aromatic nitrogens is 3. The van der Waals surface area contributed by atoms with Crippen LogP contribution in [-0.4, -0.2) is 50.2 Å². The number of aryl methyl sites for hydroxylation is 1. The van der Waals surface area contributed by atoms with Gasteiger partial charge in [0.25, 0.3) is 5.91 Å². The molecule has 2 fully saturated rings. The molecule has 2 aliphatic rings. The van der Waals surface area contributed by atoms with Gasteiger partial charge in [0.2, 0.25) is 5.91 Å². The summed E-state index contributed by atoms with van der Waals surface area (Å²) in [6, 6.07) is 14.1. The molecule has 2 aromatic heterocycles. The van der Waals surface area contributed by atoms with Gasteiger partial charge >= 0.3 is 0 Å². The van der Waals surface area contributed by atoms with E-state index in [1.165, 1.54) is 19.3 Å². The summed E-state index contributed by atoms with van der Waals surface area (Å²) in [5.41, 5.74) is 2.23. The minimum atomic E-state index is -0.0229. The fraction of sp³-hybridized carbons (Fsp3) is 0.464. The highest BCUT2D eigenvalue weighted by Crippen LogP contribution is 2.28. The lowest BCUT2D eigenvalue weighted by Gasteiger charge is -2.34. The molecule has 1 saturated carbocycles. The average Bonchev–Trinajstić information content (AvgIpc) is 3.53. The van der Waals surface area contributed by atoms with Crippen molar-refractivity contribution in [2.75, 3.05) is 13.1 Å². The Labute approximate surface area is 207 Å². The number of amides is 2. The van der Waals surface area contributed by atoms with E-state index in [1.54, 1.807) is 0 Å². The van der Waals surface area contributed by atoms with E-state index in [0.29, 0.717) is 49.1 Å². The Hall–Kier alpha value is -3.35. The van der Waals surface area contributed by atoms with Gasteiger partial charge < -0.3 is 14.8 Å². The molecule has 1 aliphatic carbocycles. The summed E-state index contributed by atoms with van der Waals surface area (Å²) < 4.78 is 3.79. The van der Waals surface area contributed by atoms with Crippen molar-refractivity contribution in [3.63, 3.8) is 0 Å². The van der Waals surface area contributed by atoms with E-state index in [1.807, 2.05) is 75.9 Å². The molecule has 184 valence electrons. The maximum atomic E-state index is 13.8. The zero-order valence-corrected chi connectivity index (χ0v) is 20.7. The third-order valence-electron chi connectivity index (χ3n) is 7.69. The molecule has 3 aromatic rings. The number of likely N-dealkylation sites (tertiary alicyclic amines) is 1. The fourth-order valence-electron chi connectivity index (χ4n) is 5.56.